The van der Waals surface area contributed by atoms with Gasteiger partial charge < -0.3 is 10.2 Å². The van der Waals surface area contributed by atoms with Crippen molar-refractivity contribution in [2.45, 2.75) is 40.2 Å². The van der Waals surface area contributed by atoms with E-state index in [9.17, 15) is 0 Å². The first-order valence-electron chi connectivity index (χ1n) is 7.44. The van der Waals surface area contributed by atoms with E-state index in [0.717, 1.165) is 26.2 Å². The maximum atomic E-state index is 4.19. The number of rotatable bonds is 9. The lowest BCUT2D eigenvalue weighted by atomic mass is 9.81. The SMILES string of the molecule is CCNCC(CC)(CC)CN(C)Cc1cccnc1. The lowest BCUT2D eigenvalue weighted by Crippen LogP contribution is -2.42. The smallest absolute Gasteiger partial charge is 0.0312 e. The quantitative estimate of drug-likeness (QED) is 0.742. The van der Waals surface area contributed by atoms with E-state index in [2.05, 4.69) is 49.1 Å². The van der Waals surface area contributed by atoms with Crippen molar-refractivity contribution in [3.05, 3.63) is 30.1 Å². The normalized spacial score (nSPS) is 12.1. The van der Waals surface area contributed by atoms with E-state index in [1.54, 1.807) is 0 Å². The van der Waals surface area contributed by atoms with Crippen LogP contribution < -0.4 is 5.32 Å². The zero-order valence-corrected chi connectivity index (χ0v) is 12.9. The highest BCUT2D eigenvalue weighted by Crippen LogP contribution is 2.27. The van der Waals surface area contributed by atoms with Gasteiger partial charge in [0, 0.05) is 32.0 Å². The third kappa shape index (κ3) is 5.29. The molecular weight excluding hydrogens is 234 g/mol. The van der Waals surface area contributed by atoms with Crippen LogP contribution in [0.15, 0.2) is 24.5 Å². The molecule has 0 amide bonds. The van der Waals surface area contributed by atoms with Gasteiger partial charge in [0.1, 0.15) is 0 Å². The molecule has 0 aliphatic heterocycles. The second-order valence-corrected chi connectivity index (χ2v) is 5.52. The lowest BCUT2D eigenvalue weighted by Gasteiger charge is -2.36. The Bertz CT molecular complexity index is 333. The Hall–Kier alpha value is -0.930. The second kappa shape index (κ2) is 8.28. The summed E-state index contributed by atoms with van der Waals surface area (Å²) in [7, 11) is 2.21. The van der Waals surface area contributed by atoms with Gasteiger partial charge in [0.25, 0.3) is 0 Å². The fourth-order valence-electron chi connectivity index (χ4n) is 2.60. The number of nitrogens with zero attached hydrogens (tertiary/aromatic N) is 2. The zero-order valence-electron chi connectivity index (χ0n) is 12.9. The average Bonchev–Trinajstić information content (AvgIpc) is 2.44. The molecule has 0 fully saturated rings. The van der Waals surface area contributed by atoms with Crippen molar-refractivity contribution in [3.63, 3.8) is 0 Å². The van der Waals surface area contributed by atoms with Gasteiger partial charge >= 0.3 is 0 Å². The van der Waals surface area contributed by atoms with Crippen LogP contribution in [-0.2, 0) is 6.54 Å². The summed E-state index contributed by atoms with van der Waals surface area (Å²) in [6.07, 6.45) is 6.22. The Morgan fingerprint density at radius 1 is 1.26 bits per heavy atom. The zero-order chi connectivity index (χ0) is 14.1. The Labute approximate surface area is 118 Å². The number of hydrogen-bond acceptors (Lipinski definition) is 3. The van der Waals surface area contributed by atoms with Crippen molar-refractivity contribution in [3.8, 4) is 0 Å². The number of hydrogen-bond donors (Lipinski definition) is 1. The van der Waals surface area contributed by atoms with Gasteiger partial charge in [-0.15, -0.1) is 0 Å². The minimum absolute atomic E-state index is 0.382. The van der Waals surface area contributed by atoms with E-state index in [0.29, 0.717) is 5.41 Å². The molecule has 3 heteroatoms. The minimum atomic E-state index is 0.382. The van der Waals surface area contributed by atoms with Crippen LogP contribution in [0.4, 0.5) is 0 Å². The molecule has 0 atom stereocenters. The van der Waals surface area contributed by atoms with Crippen molar-refractivity contribution in [1.29, 1.82) is 0 Å². The van der Waals surface area contributed by atoms with Gasteiger partial charge in [-0.25, -0.2) is 0 Å². The summed E-state index contributed by atoms with van der Waals surface area (Å²) in [4.78, 5) is 6.60. The van der Waals surface area contributed by atoms with E-state index in [1.165, 1.54) is 18.4 Å². The van der Waals surface area contributed by atoms with Crippen molar-refractivity contribution < 1.29 is 0 Å². The van der Waals surface area contributed by atoms with E-state index < -0.39 is 0 Å². The summed E-state index contributed by atoms with van der Waals surface area (Å²) in [5.74, 6) is 0. The topological polar surface area (TPSA) is 28.2 Å². The Balaban J connectivity index is 2.58. The van der Waals surface area contributed by atoms with Gasteiger partial charge in [0.2, 0.25) is 0 Å². The molecule has 0 radical (unpaired) electrons. The fraction of sp³-hybridized carbons (Fsp3) is 0.688. The monoisotopic (exact) mass is 263 g/mol. The average molecular weight is 263 g/mol. The Morgan fingerprint density at radius 3 is 2.53 bits per heavy atom. The summed E-state index contributed by atoms with van der Waals surface area (Å²) in [5, 5.41) is 3.52. The molecule has 0 aliphatic rings. The maximum absolute atomic E-state index is 4.19. The molecule has 0 unspecified atom stereocenters. The molecule has 3 nitrogen and oxygen atoms in total. The molecule has 0 bridgehead atoms. The largest absolute Gasteiger partial charge is 0.316 e. The molecule has 1 rings (SSSR count). The van der Waals surface area contributed by atoms with Crippen molar-refractivity contribution in [2.75, 3.05) is 26.7 Å². The predicted molar refractivity (Wildman–Crippen MR) is 82.1 cm³/mol. The van der Waals surface area contributed by atoms with Gasteiger partial charge in [-0.2, -0.15) is 0 Å². The van der Waals surface area contributed by atoms with E-state index in [1.807, 2.05) is 18.5 Å². The molecule has 1 aromatic rings. The molecule has 0 spiro atoms. The molecule has 0 saturated heterocycles. The van der Waals surface area contributed by atoms with E-state index in [4.69, 9.17) is 0 Å². The maximum Gasteiger partial charge on any atom is 0.0312 e. The third-order valence-electron chi connectivity index (χ3n) is 4.03. The molecule has 1 heterocycles. The first-order chi connectivity index (χ1) is 9.15. The fourth-order valence-corrected chi connectivity index (χ4v) is 2.60. The van der Waals surface area contributed by atoms with Crippen LogP contribution in [0.1, 0.15) is 39.2 Å². The molecule has 1 aromatic heterocycles. The molecule has 0 aliphatic carbocycles. The number of aromatic nitrogens is 1. The van der Waals surface area contributed by atoms with Gasteiger partial charge in [0.15, 0.2) is 0 Å². The Kier molecular flexibility index (Phi) is 7.03. The summed E-state index contributed by atoms with van der Waals surface area (Å²) >= 11 is 0. The summed E-state index contributed by atoms with van der Waals surface area (Å²) in [6.45, 7) is 11.0. The van der Waals surface area contributed by atoms with E-state index >= 15 is 0 Å². The van der Waals surface area contributed by atoms with Crippen molar-refractivity contribution in [1.82, 2.24) is 15.2 Å². The minimum Gasteiger partial charge on any atom is -0.316 e. The van der Waals surface area contributed by atoms with Crippen LogP contribution >= 0.6 is 0 Å². The first-order valence-corrected chi connectivity index (χ1v) is 7.44. The molecule has 19 heavy (non-hydrogen) atoms. The summed E-state index contributed by atoms with van der Waals surface area (Å²) in [6, 6.07) is 4.15. The van der Waals surface area contributed by atoms with Gasteiger partial charge in [-0.3, -0.25) is 4.98 Å². The lowest BCUT2D eigenvalue weighted by molar-refractivity contribution is 0.151. The summed E-state index contributed by atoms with van der Waals surface area (Å²) in [5.41, 5.74) is 1.67. The van der Waals surface area contributed by atoms with Gasteiger partial charge in [0.05, 0.1) is 0 Å². The van der Waals surface area contributed by atoms with Gasteiger partial charge in [-0.1, -0.05) is 26.8 Å². The molecule has 1 N–H and O–H groups in total. The molecular formula is C16H29N3. The van der Waals surface area contributed by atoms with Crippen LogP contribution in [0.2, 0.25) is 0 Å². The highest BCUT2D eigenvalue weighted by molar-refractivity contribution is 5.08. The second-order valence-electron chi connectivity index (χ2n) is 5.52. The molecule has 0 aromatic carbocycles. The van der Waals surface area contributed by atoms with Crippen molar-refractivity contribution in [2.24, 2.45) is 5.41 Å². The number of nitrogens with one attached hydrogen (secondary N) is 1. The highest BCUT2D eigenvalue weighted by Gasteiger charge is 2.27. The van der Waals surface area contributed by atoms with Crippen LogP contribution in [-0.4, -0.2) is 36.6 Å². The van der Waals surface area contributed by atoms with E-state index in [-0.39, 0.29) is 0 Å². The van der Waals surface area contributed by atoms with Crippen LogP contribution in [0.25, 0.3) is 0 Å². The van der Waals surface area contributed by atoms with Crippen molar-refractivity contribution >= 4 is 0 Å². The highest BCUT2D eigenvalue weighted by atomic mass is 15.1. The van der Waals surface area contributed by atoms with Gasteiger partial charge in [-0.05, 0) is 43.5 Å². The van der Waals surface area contributed by atoms with Crippen LogP contribution in [0, 0.1) is 5.41 Å². The third-order valence-corrected chi connectivity index (χ3v) is 4.03. The number of pyridine rings is 1. The predicted octanol–water partition coefficient (Wildman–Crippen LogP) is 2.93. The van der Waals surface area contributed by atoms with Crippen LogP contribution in [0.5, 0.6) is 0 Å². The Morgan fingerprint density at radius 2 is 2.00 bits per heavy atom. The first kappa shape index (κ1) is 16.1. The van der Waals surface area contributed by atoms with Crippen LogP contribution in [0.3, 0.4) is 0 Å². The standard InChI is InChI=1S/C16H29N3/c1-5-16(6-2,13-17-7-3)14-19(4)12-15-9-8-10-18-11-15/h8-11,17H,5-7,12-14H2,1-4H3. The molecule has 108 valence electrons. The molecule has 0 saturated carbocycles. The summed E-state index contributed by atoms with van der Waals surface area (Å²) < 4.78 is 0.